The smallest absolute Gasteiger partial charge is 0.243 e. The van der Waals surface area contributed by atoms with Crippen LogP contribution in [0.1, 0.15) is 5.56 Å². The first-order valence-corrected chi connectivity index (χ1v) is 7.66. The number of rotatable bonds is 2. The van der Waals surface area contributed by atoms with E-state index in [-0.39, 0.29) is 16.3 Å². The summed E-state index contributed by atoms with van der Waals surface area (Å²) in [5, 5.41) is 9.57. The maximum atomic E-state index is 12.2. The molecule has 1 fully saturated rings. The first-order valence-electron chi connectivity index (χ1n) is 5.30. The molecule has 1 aliphatic rings. The Morgan fingerprint density at radius 1 is 1.29 bits per heavy atom. The fourth-order valence-electron chi connectivity index (χ4n) is 1.77. The van der Waals surface area contributed by atoms with Crippen LogP contribution in [-0.2, 0) is 10.0 Å². The Bertz CT molecular complexity index is 490. The highest BCUT2D eigenvalue weighted by Gasteiger charge is 2.37. The van der Waals surface area contributed by atoms with Gasteiger partial charge in [0.05, 0.1) is 15.8 Å². The van der Waals surface area contributed by atoms with Gasteiger partial charge in [-0.25, -0.2) is 8.42 Å². The van der Waals surface area contributed by atoms with Crippen LogP contribution in [-0.4, -0.2) is 41.9 Å². The Balaban J connectivity index is 2.28. The van der Waals surface area contributed by atoms with Gasteiger partial charge in [-0.3, -0.25) is 0 Å². The number of halogens is 1. The molecule has 2 unspecified atom stereocenters. The van der Waals surface area contributed by atoms with Crippen LogP contribution in [0.15, 0.2) is 29.2 Å². The third kappa shape index (κ3) is 2.54. The average molecular weight is 320 g/mol. The van der Waals surface area contributed by atoms with E-state index in [1.165, 1.54) is 4.31 Å². The molecule has 17 heavy (non-hydrogen) atoms. The standard InChI is InChI=1S/C11H14BrNO3S/c1-8-2-4-9(5-3-8)17(15,16)13-6-10(12)11(14)7-13/h2-5,10-11,14H,6-7H2,1H3. The number of benzene rings is 1. The second-order valence-corrected chi connectivity index (χ2v) is 7.33. The van der Waals surface area contributed by atoms with Crippen LogP contribution < -0.4 is 0 Å². The summed E-state index contributed by atoms with van der Waals surface area (Å²) >= 11 is 3.26. The molecule has 6 heteroatoms. The van der Waals surface area contributed by atoms with Crippen LogP contribution in [0, 0.1) is 6.92 Å². The van der Waals surface area contributed by atoms with Gasteiger partial charge in [-0.2, -0.15) is 4.31 Å². The fraction of sp³-hybridized carbons (Fsp3) is 0.455. The van der Waals surface area contributed by atoms with Gasteiger partial charge in [0.15, 0.2) is 0 Å². The molecule has 2 atom stereocenters. The molecule has 0 bridgehead atoms. The van der Waals surface area contributed by atoms with E-state index in [4.69, 9.17) is 0 Å². The van der Waals surface area contributed by atoms with Crippen LogP contribution in [0.3, 0.4) is 0 Å². The van der Waals surface area contributed by atoms with E-state index in [1.807, 2.05) is 6.92 Å². The zero-order valence-electron chi connectivity index (χ0n) is 9.38. The summed E-state index contributed by atoms with van der Waals surface area (Å²) in [5.41, 5.74) is 1.02. The van der Waals surface area contributed by atoms with Gasteiger partial charge in [-0.15, -0.1) is 0 Å². The molecular formula is C11H14BrNO3S. The number of hydrogen-bond acceptors (Lipinski definition) is 3. The number of aryl methyl sites for hydroxylation is 1. The molecule has 0 aliphatic carbocycles. The molecule has 1 aromatic carbocycles. The van der Waals surface area contributed by atoms with Crippen LogP contribution in [0.4, 0.5) is 0 Å². The van der Waals surface area contributed by atoms with Crippen LogP contribution >= 0.6 is 15.9 Å². The normalized spacial score (nSPS) is 26.3. The lowest BCUT2D eigenvalue weighted by molar-refractivity contribution is 0.194. The summed E-state index contributed by atoms with van der Waals surface area (Å²) in [6, 6.07) is 6.73. The Labute approximate surface area is 109 Å². The van der Waals surface area contributed by atoms with Crippen molar-refractivity contribution in [2.24, 2.45) is 0 Å². The molecule has 0 amide bonds. The molecule has 1 aliphatic heterocycles. The highest BCUT2D eigenvalue weighted by Crippen LogP contribution is 2.24. The van der Waals surface area contributed by atoms with Crippen molar-refractivity contribution < 1.29 is 13.5 Å². The highest BCUT2D eigenvalue weighted by molar-refractivity contribution is 9.09. The lowest BCUT2D eigenvalue weighted by atomic mass is 10.2. The first kappa shape index (κ1) is 13.0. The fourth-order valence-corrected chi connectivity index (χ4v) is 3.96. The van der Waals surface area contributed by atoms with Gasteiger partial charge < -0.3 is 5.11 Å². The molecule has 1 aromatic rings. The summed E-state index contributed by atoms with van der Waals surface area (Å²) < 4.78 is 25.8. The number of hydrogen-bond donors (Lipinski definition) is 1. The van der Waals surface area contributed by atoms with Gasteiger partial charge >= 0.3 is 0 Å². The summed E-state index contributed by atoms with van der Waals surface area (Å²) in [4.78, 5) is 0.0830. The van der Waals surface area contributed by atoms with E-state index in [1.54, 1.807) is 24.3 Å². The number of aliphatic hydroxyl groups excluding tert-OH is 1. The number of sulfonamides is 1. The Morgan fingerprint density at radius 2 is 1.88 bits per heavy atom. The summed E-state index contributed by atoms with van der Waals surface area (Å²) in [6.45, 7) is 2.36. The molecule has 4 nitrogen and oxygen atoms in total. The van der Waals surface area contributed by atoms with Crippen molar-refractivity contribution in [1.29, 1.82) is 0 Å². The van der Waals surface area contributed by atoms with Crippen molar-refractivity contribution in [3.63, 3.8) is 0 Å². The van der Waals surface area contributed by atoms with E-state index < -0.39 is 16.1 Å². The minimum atomic E-state index is -3.48. The molecule has 0 saturated carbocycles. The molecule has 94 valence electrons. The third-order valence-electron chi connectivity index (χ3n) is 2.85. The molecule has 0 radical (unpaired) electrons. The highest BCUT2D eigenvalue weighted by atomic mass is 79.9. The molecule has 1 saturated heterocycles. The number of nitrogens with zero attached hydrogens (tertiary/aromatic N) is 1. The van der Waals surface area contributed by atoms with Crippen molar-refractivity contribution in [3.8, 4) is 0 Å². The topological polar surface area (TPSA) is 57.6 Å². The van der Waals surface area contributed by atoms with Crippen molar-refractivity contribution in [3.05, 3.63) is 29.8 Å². The molecule has 2 rings (SSSR count). The van der Waals surface area contributed by atoms with E-state index in [9.17, 15) is 13.5 Å². The first-order chi connectivity index (χ1) is 7.91. The summed E-state index contributed by atoms with van der Waals surface area (Å²) in [7, 11) is -3.48. The van der Waals surface area contributed by atoms with E-state index in [2.05, 4.69) is 15.9 Å². The second kappa shape index (κ2) is 4.68. The zero-order chi connectivity index (χ0) is 12.6. The second-order valence-electron chi connectivity index (χ2n) is 4.22. The van der Waals surface area contributed by atoms with Crippen LogP contribution in [0.5, 0.6) is 0 Å². The van der Waals surface area contributed by atoms with Crippen molar-refractivity contribution in [1.82, 2.24) is 4.31 Å². The Morgan fingerprint density at radius 3 is 2.35 bits per heavy atom. The SMILES string of the molecule is Cc1ccc(S(=O)(=O)N2CC(O)C(Br)C2)cc1. The van der Waals surface area contributed by atoms with Gasteiger partial charge in [0, 0.05) is 13.1 Å². The molecule has 1 heterocycles. The maximum absolute atomic E-state index is 12.2. The van der Waals surface area contributed by atoms with Gasteiger partial charge in [-0.05, 0) is 19.1 Å². The maximum Gasteiger partial charge on any atom is 0.243 e. The molecule has 1 N–H and O–H groups in total. The predicted molar refractivity (Wildman–Crippen MR) is 68.7 cm³/mol. The third-order valence-corrected chi connectivity index (χ3v) is 5.59. The van der Waals surface area contributed by atoms with E-state index in [0.29, 0.717) is 6.54 Å². The summed E-state index contributed by atoms with van der Waals surface area (Å²) in [5.74, 6) is 0. The number of alkyl halides is 1. The van der Waals surface area contributed by atoms with E-state index >= 15 is 0 Å². The lowest BCUT2D eigenvalue weighted by Gasteiger charge is -2.15. The number of β-amino-alcohol motifs (C(OH)–C–C–N with tert-alkyl or cyclic N) is 1. The van der Waals surface area contributed by atoms with E-state index in [0.717, 1.165) is 5.56 Å². The molecule has 0 spiro atoms. The largest absolute Gasteiger partial charge is 0.391 e. The number of aliphatic hydroxyl groups is 1. The monoisotopic (exact) mass is 319 g/mol. The van der Waals surface area contributed by atoms with Crippen LogP contribution in [0.2, 0.25) is 0 Å². The Kier molecular flexibility index (Phi) is 3.58. The quantitative estimate of drug-likeness (QED) is 0.831. The van der Waals surface area contributed by atoms with Crippen molar-refractivity contribution in [2.45, 2.75) is 22.8 Å². The molecule has 0 aromatic heterocycles. The van der Waals surface area contributed by atoms with Crippen molar-refractivity contribution >= 4 is 26.0 Å². The van der Waals surface area contributed by atoms with Crippen LogP contribution in [0.25, 0.3) is 0 Å². The predicted octanol–water partition coefficient (Wildman–Crippen LogP) is 1.12. The lowest BCUT2D eigenvalue weighted by Crippen LogP contribution is -2.29. The summed E-state index contributed by atoms with van der Waals surface area (Å²) in [6.07, 6.45) is -0.643. The van der Waals surface area contributed by atoms with Gasteiger partial charge in [0.2, 0.25) is 10.0 Å². The molecular weight excluding hydrogens is 306 g/mol. The minimum Gasteiger partial charge on any atom is -0.391 e. The average Bonchev–Trinajstić information content (AvgIpc) is 2.60. The van der Waals surface area contributed by atoms with Gasteiger partial charge in [0.1, 0.15) is 0 Å². The zero-order valence-corrected chi connectivity index (χ0v) is 11.8. The van der Waals surface area contributed by atoms with Gasteiger partial charge in [0.25, 0.3) is 0 Å². The van der Waals surface area contributed by atoms with Gasteiger partial charge in [-0.1, -0.05) is 33.6 Å². The van der Waals surface area contributed by atoms with Crippen molar-refractivity contribution in [2.75, 3.05) is 13.1 Å². The Hall–Kier alpha value is -0.430. The minimum absolute atomic E-state index is 0.145.